The molecule has 0 saturated carbocycles. The number of imide groups is 1. The first kappa shape index (κ1) is 15.9. The molecule has 0 bridgehead atoms. The van der Waals surface area contributed by atoms with Gasteiger partial charge in [-0.05, 0) is 59.7 Å². The molecule has 5 nitrogen and oxygen atoms in total. The molecule has 1 heterocycles. The number of benzene rings is 1. The number of nitrogens with one attached hydrogen (secondary N) is 1. The van der Waals surface area contributed by atoms with Gasteiger partial charge in [-0.1, -0.05) is 0 Å². The van der Waals surface area contributed by atoms with E-state index in [4.69, 9.17) is 0 Å². The molecular formula is C15H17IN2O3. The molecule has 1 aromatic rings. The fraction of sp³-hybridized carbons (Fsp3) is 0.400. The Morgan fingerprint density at radius 3 is 2.57 bits per heavy atom. The van der Waals surface area contributed by atoms with Gasteiger partial charge in [-0.25, -0.2) is 0 Å². The number of likely N-dealkylation sites (tertiary alicyclic amines) is 1. The van der Waals surface area contributed by atoms with Crippen LogP contribution in [0.2, 0.25) is 0 Å². The summed E-state index contributed by atoms with van der Waals surface area (Å²) < 4.78 is 1.12. The molecule has 3 amide bonds. The van der Waals surface area contributed by atoms with Gasteiger partial charge in [0.2, 0.25) is 17.7 Å². The van der Waals surface area contributed by atoms with Gasteiger partial charge in [-0.2, -0.15) is 0 Å². The van der Waals surface area contributed by atoms with E-state index >= 15 is 0 Å². The fourth-order valence-corrected chi connectivity index (χ4v) is 2.90. The molecule has 0 radical (unpaired) electrons. The van der Waals surface area contributed by atoms with Gasteiger partial charge in [0.1, 0.15) is 0 Å². The van der Waals surface area contributed by atoms with Gasteiger partial charge in [-0.3, -0.25) is 19.3 Å². The maximum Gasteiger partial charge on any atom is 0.229 e. The predicted octanol–water partition coefficient (Wildman–Crippen LogP) is 2.47. The van der Waals surface area contributed by atoms with E-state index in [9.17, 15) is 14.4 Å². The Labute approximate surface area is 137 Å². The second-order valence-electron chi connectivity index (χ2n) is 5.05. The molecule has 0 aliphatic carbocycles. The zero-order chi connectivity index (χ0) is 15.4. The lowest BCUT2D eigenvalue weighted by molar-refractivity contribution is -0.138. The number of rotatable bonds is 5. The quantitative estimate of drug-likeness (QED) is 0.610. The Morgan fingerprint density at radius 2 is 1.95 bits per heavy atom. The summed E-state index contributed by atoms with van der Waals surface area (Å²) in [5.41, 5.74) is 1.81. The smallest absolute Gasteiger partial charge is 0.229 e. The van der Waals surface area contributed by atoms with Crippen molar-refractivity contribution in [2.75, 3.05) is 11.9 Å². The SMILES string of the molecule is Cc1cc(I)ccc1NC(=O)CCCN1C(=O)CCC1=O. The van der Waals surface area contributed by atoms with Crippen LogP contribution in [0, 0.1) is 10.5 Å². The van der Waals surface area contributed by atoms with E-state index in [1.165, 1.54) is 4.90 Å². The standard InChI is InChI=1S/C15H17IN2O3/c1-10-9-11(16)4-5-12(10)17-13(19)3-2-8-18-14(20)6-7-15(18)21/h4-5,9H,2-3,6-8H2,1H3,(H,17,19). The largest absolute Gasteiger partial charge is 0.326 e. The lowest BCUT2D eigenvalue weighted by atomic mass is 10.2. The number of nitrogens with zero attached hydrogens (tertiary/aromatic N) is 1. The lowest BCUT2D eigenvalue weighted by Crippen LogP contribution is -2.30. The third-order valence-electron chi connectivity index (χ3n) is 3.40. The molecule has 0 atom stereocenters. The molecule has 1 aliphatic rings. The van der Waals surface area contributed by atoms with E-state index < -0.39 is 0 Å². The maximum atomic E-state index is 11.9. The van der Waals surface area contributed by atoms with Crippen molar-refractivity contribution in [2.45, 2.75) is 32.6 Å². The summed E-state index contributed by atoms with van der Waals surface area (Å²) in [6.07, 6.45) is 1.38. The Kier molecular flexibility index (Phi) is 5.33. The molecule has 112 valence electrons. The summed E-state index contributed by atoms with van der Waals surface area (Å²) in [4.78, 5) is 36.0. The molecular weight excluding hydrogens is 383 g/mol. The van der Waals surface area contributed by atoms with Crippen molar-refractivity contribution in [2.24, 2.45) is 0 Å². The molecule has 1 aliphatic heterocycles. The van der Waals surface area contributed by atoms with Gasteiger partial charge in [0.05, 0.1) is 0 Å². The second-order valence-corrected chi connectivity index (χ2v) is 6.30. The highest BCUT2D eigenvalue weighted by Crippen LogP contribution is 2.18. The number of halogens is 1. The third-order valence-corrected chi connectivity index (χ3v) is 4.07. The van der Waals surface area contributed by atoms with Gasteiger partial charge >= 0.3 is 0 Å². The monoisotopic (exact) mass is 400 g/mol. The van der Waals surface area contributed by atoms with Crippen LogP contribution in [0.25, 0.3) is 0 Å². The van der Waals surface area contributed by atoms with Crippen molar-refractivity contribution in [3.63, 3.8) is 0 Å². The van der Waals surface area contributed by atoms with Crippen LogP contribution in [0.5, 0.6) is 0 Å². The van der Waals surface area contributed by atoms with E-state index in [-0.39, 0.29) is 17.7 Å². The van der Waals surface area contributed by atoms with Crippen LogP contribution in [-0.4, -0.2) is 29.2 Å². The number of anilines is 1. The Morgan fingerprint density at radius 1 is 1.29 bits per heavy atom. The average molecular weight is 400 g/mol. The minimum Gasteiger partial charge on any atom is -0.326 e. The topological polar surface area (TPSA) is 66.5 Å². The summed E-state index contributed by atoms with van der Waals surface area (Å²) in [5, 5.41) is 2.85. The number of amides is 3. The summed E-state index contributed by atoms with van der Waals surface area (Å²) >= 11 is 2.22. The normalized spacial score (nSPS) is 14.7. The van der Waals surface area contributed by atoms with Crippen LogP contribution >= 0.6 is 22.6 Å². The van der Waals surface area contributed by atoms with Gasteiger partial charge in [0.15, 0.2) is 0 Å². The van der Waals surface area contributed by atoms with Gasteiger partial charge < -0.3 is 5.32 Å². The third kappa shape index (κ3) is 4.26. The first-order valence-corrected chi connectivity index (χ1v) is 7.94. The van der Waals surface area contributed by atoms with Crippen molar-refractivity contribution in [3.8, 4) is 0 Å². The van der Waals surface area contributed by atoms with Crippen LogP contribution in [0.15, 0.2) is 18.2 Å². The van der Waals surface area contributed by atoms with Gasteiger partial charge in [-0.15, -0.1) is 0 Å². The summed E-state index contributed by atoms with van der Waals surface area (Å²) in [5.74, 6) is -0.360. The van der Waals surface area contributed by atoms with Gasteiger partial charge in [0, 0.05) is 35.1 Å². The summed E-state index contributed by atoms with van der Waals surface area (Å²) in [7, 11) is 0. The molecule has 0 spiro atoms. The molecule has 1 fully saturated rings. The van der Waals surface area contributed by atoms with E-state index in [1.54, 1.807) is 0 Å². The van der Waals surface area contributed by atoms with E-state index in [2.05, 4.69) is 27.9 Å². The van der Waals surface area contributed by atoms with Crippen molar-refractivity contribution in [3.05, 3.63) is 27.3 Å². The second kappa shape index (κ2) is 7.02. The minimum atomic E-state index is -0.131. The Bertz CT molecular complexity index is 570. The molecule has 1 saturated heterocycles. The average Bonchev–Trinajstić information content (AvgIpc) is 2.74. The van der Waals surface area contributed by atoms with Crippen LogP contribution in [0.4, 0.5) is 5.69 Å². The first-order valence-electron chi connectivity index (χ1n) is 6.86. The minimum absolute atomic E-state index is 0.0987. The maximum absolute atomic E-state index is 11.9. The Hall–Kier alpha value is -1.44. The van der Waals surface area contributed by atoms with Crippen molar-refractivity contribution in [1.29, 1.82) is 0 Å². The zero-order valence-corrected chi connectivity index (χ0v) is 14.0. The molecule has 2 rings (SSSR count). The highest BCUT2D eigenvalue weighted by Gasteiger charge is 2.28. The van der Waals surface area contributed by atoms with Gasteiger partial charge in [0.25, 0.3) is 0 Å². The number of carbonyl (C=O) groups excluding carboxylic acids is 3. The fourth-order valence-electron chi connectivity index (χ4n) is 2.25. The number of aryl methyl sites for hydroxylation is 1. The number of hydrogen-bond donors (Lipinski definition) is 1. The first-order chi connectivity index (χ1) is 9.97. The highest BCUT2D eigenvalue weighted by atomic mass is 127. The molecule has 1 aromatic carbocycles. The molecule has 0 unspecified atom stereocenters. The molecule has 1 N–H and O–H groups in total. The molecule has 21 heavy (non-hydrogen) atoms. The van der Waals surface area contributed by atoms with Crippen LogP contribution in [0.1, 0.15) is 31.2 Å². The van der Waals surface area contributed by atoms with E-state index in [0.717, 1.165) is 14.8 Å². The lowest BCUT2D eigenvalue weighted by Gasteiger charge is -2.13. The number of hydrogen-bond acceptors (Lipinski definition) is 3. The van der Waals surface area contributed by atoms with Crippen LogP contribution in [0.3, 0.4) is 0 Å². The van der Waals surface area contributed by atoms with Crippen molar-refractivity contribution < 1.29 is 14.4 Å². The molecule has 0 aromatic heterocycles. The van der Waals surface area contributed by atoms with E-state index in [1.807, 2.05) is 25.1 Å². The van der Waals surface area contributed by atoms with Crippen LogP contribution < -0.4 is 5.32 Å². The summed E-state index contributed by atoms with van der Waals surface area (Å²) in [6.45, 7) is 2.27. The highest BCUT2D eigenvalue weighted by molar-refractivity contribution is 14.1. The number of carbonyl (C=O) groups is 3. The predicted molar refractivity (Wildman–Crippen MR) is 87.7 cm³/mol. The van der Waals surface area contributed by atoms with Crippen molar-refractivity contribution in [1.82, 2.24) is 4.90 Å². The Balaban J connectivity index is 1.80. The summed E-state index contributed by atoms with van der Waals surface area (Å²) in [6, 6.07) is 5.81. The van der Waals surface area contributed by atoms with Crippen LogP contribution in [-0.2, 0) is 14.4 Å². The van der Waals surface area contributed by atoms with E-state index in [0.29, 0.717) is 32.2 Å². The molecule has 6 heteroatoms. The van der Waals surface area contributed by atoms with Crippen molar-refractivity contribution >= 4 is 46.0 Å². The zero-order valence-electron chi connectivity index (χ0n) is 11.8.